The summed E-state index contributed by atoms with van der Waals surface area (Å²) in [7, 11) is 0. The number of carbonyl (C=O) groups excluding carboxylic acids is 2. The van der Waals surface area contributed by atoms with E-state index in [-0.39, 0.29) is 23.2 Å². The highest BCUT2D eigenvalue weighted by Gasteiger charge is 2.34. The van der Waals surface area contributed by atoms with Crippen LogP contribution in [0.1, 0.15) is 28.4 Å². The molecule has 0 saturated carbocycles. The fourth-order valence-corrected chi connectivity index (χ4v) is 4.15. The van der Waals surface area contributed by atoms with Gasteiger partial charge in [-0.05, 0) is 43.2 Å². The molecule has 1 amide bonds. The molecule has 0 radical (unpaired) electrons. The lowest BCUT2D eigenvalue weighted by Crippen LogP contribution is -2.54. The number of hydrogen-bond donors (Lipinski definition) is 1. The van der Waals surface area contributed by atoms with Gasteiger partial charge in [-0.1, -0.05) is 35.9 Å². The zero-order valence-electron chi connectivity index (χ0n) is 19.0. The number of nitrogens with zero attached hydrogens (tertiary/aromatic N) is 4. The van der Waals surface area contributed by atoms with E-state index in [1.54, 1.807) is 16.6 Å². The Bertz CT molecular complexity index is 1390. The van der Waals surface area contributed by atoms with Crippen molar-refractivity contribution >= 4 is 23.0 Å². The minimum atomic E-state index is -0.534. The molecule has 4 aromatic rings. The van der Waals surface area contributed by atoms with Crippen molar-refractivity contribution in [2.24, 2.45) is 5.92 Å². The molecule has 1 aliphatic rings. The molecule has 0 bridgehead atoms. The van der Waals surface area contributed by atoms with Gasteiger partial charge in [-0.15, -0.1) is 0 Å². The lowest BCUT2D eigenvalue weighted by molar-refractivity contribution is -0.125. The number of carbonyl (C=O) groups is 2. The third-order valence-corrected chi connectivity index (χ3v) is 6.20. The molecule has 2 aromatic heterocycles. The summed E-state index contributed by atoms with van der Waals surface area (Å²) in [5, 5.41) is 7.30. The molecule has 0 aliphatic carbocycles. The van der Waals surface area contributed by atoms with Crippen molar-refractivity contribution in [3.63, 3.8) is 0 Å². The zero-order chi connectivity index (χ0) is 23.8. The van der Waals surface area contributed by atoms with Crippen molar-refractivity contribution in [1.29, 1.82) is 0 Å². The number of aryl methyl sites for hydroxylation is 1. The molecule has 1 saturated heterocycles. The van der Waals surface area contributed by atoms with E-state index in [0.29, 0.717) is 19.6 Å². The van der Waals surface area contributed by atoms with E-state index in [1.165, 1.54) is 24.9 Å². The maximum atomic E-state index is 13.9. The number of hydrogen-bond acceptors (Lipinski definition) is 5. The molecule has 5 rings (SSSR count). The molecule has 0 spiro atoms. The highest BCUT2D eigenvalue weighted by atomic mass is 19.1. The first-order valence-electron chi connectivity index (χ1n) is 11.1. The van der Waals surface area contributed by atoms with E-state index in [2.05, 4.69) is 15.4 Å². The van der Waals surface area contributed by atoms with Crippen molar-refractivity contribution in [3.8, 4) is 11.1 Å². The van der Waals surface area contributed by atoms with Crippen LogP contribution in [0.5, 0.6) is 0 Å². The monoisotopic (exact) mass is 457 g/mol. The van der Waals surface area contributed by atoms with Crippen LogP contribution < -0.4 is 10.2 Å². The lowest BCUT2D eigenvalue weighted by atomic mass is 9.99. The number of nitrogens with one attached hydrogen (secondary N) is 1. The molecule has 34 heavy (non-hydrogen) atoms. The standard InChI is InChI=1S/C26H24FN5O2/c1-16-3-5-18(6-4-16)11-28-26(34)21-12-31(13-21)25-24-10-20(14-32(24)30-15-29-25)19-7-8-23(27)22(9-19)17(2)33/h3-10,14-15,21H,11-13H2,1-2H3,(H,28,34). The molecule has 0 atom stereocenters. The number of halogens is 1. The van der Waals surface area contributed by atoms with Crippen LogP contribution in [0.3, 0.4) is 0 Å². The van der Waals surface area contributed by atoms with Crippen LogP contribution in [0.25, 0.3) is 16.6 Å². The normalized spacial score (nSPS) is 13.7. The third-order valence-electron chi connectivity index (χ3n) is 6.20. The van der Waals surface area contributed by atoms with E-state index >= 15 is 0 Å². The SMILES string of the molecule is CC(=O)c1cc(-c2cc3c(N4CC(C(=O)NCc5ccc(C)cc5)C4)ncnn3c2)ccc1F. The van der Waals surface area contributed by atoms with E-state index in [9.17, 15) is 14.0 Å². The summed E-state index contributed by atoms with van der Waals surface area (Å²) in [4.78, 5) is 30.8. The van der Waals surface area contributed by atoms with Gasteiger partial charge in [0.25, 0.3) is 0 Å². The molecular weight excluding hydrogens is 433 g/mol. The van der Waals surface area contributed by atoms with Gasteiger partial charge in [0.1, 0.15) is 17.7 Å². The van der Waals surface area contributed by atoms with Gasteiger partial charge in [-0.3, -0.25) is 9.59 Å². The molecule has 2 aromatic carbocycles. The molecule has 0 unspecified atom stereocenters. The minimum absolute atomic E-state index is 0.0287. The Balaban J connectivity index is 1.29. The number of fused-ring (bicyclic) bond motifs is 1. The smallest absolute Gasteiger partial charge is 0.226 e. The van der Waals surface area contributed by atoms with Crippen molar-refractivity contribution < 1.29 is 14.0 Å². The van der Waals surface area contributed by atoms with Gasteiger partial charge in [-0.2, -0.15) is 5.10 Å². The molecule has 7 nitrogen and oxygen atoms in total. The summed E-state index contributed by atoms with van der Waals surface area (Å²) in [5.74, 6) is -0.201. The van der Waals surface area contributed by atoms with Gasteiger partial charge in [0.2, 0.25) is 5.91 Å². The fourth-order valence-electron chi connectivity index (χ4n) is 4.15. The van der Waals surface area contributed by atoms with E-state index in [0.717, 1.165) is 28.0 Å². The van der Waals surface area contributed by atoms with E-state index in [4.69, 9.17) is 0 Å². The van der Waals surface area contributed by atoms with Gasteiger partial charge in [0.15, 0.2) is 11.6 Å². The van der Waals surface area contributed by atoms with Gasteiger partial charge < -0.3 is 10.2 Å². The first-order valence-corrected chi connectivity index (χ1v) is 11.1. The molecule has 172 valence electrons. The first-order chi connectivity index (χ1) is 16.4. The average molecular weight is 458 g/mol. The van der Waals surface area contributed by atoms with Gasteiger partial charge >= 0.3 is 0 Å². The predicted molar refractivity (Wildman–Crippen MR) is 127 cm³/mol. The predicted octanol–water partition coefficient (Wildman–Crippen LogP) is 3.80. The number of Topliss-reactive ketones (excluding diaryl/α,β-unsaturated/α-hetero) is 1. The minimum Gasteiger partial charge on any atom is -0.353 e. The van der Waals surface area contributed by atoms with Crippen LogP contribution in [-0.4, -0.2) is 39.4 Å². The van der Waals surface area contributed by atoms with Crippen molar-refractivity contribution in [3.05, 3.63) is 83.6 Å². The first kappa shape index (κ1) is 21.8. The summed E-state index contributed by atoms with van der Waals surface area (Å²) in [5.41, 5.74) is 4.62. The maximum Gasteiger partial charge on any atom is 0.226 e. The number of ketones is 1. The number of rotatable bonds is 6. The third kappa shape index (κ3) is 4.14. The molecule has 1 fully saturated rings. The topological polar surface area (TPSA) is 79.6 Å². The average Bonchev–Trinajstić information content (AvgIpc) is 3.23. The summed E-state index contributed by atoms with van der Waals surface area (Å²) in [6.07, 6.45) is 3.30. The number of amides is 1. The second kappa shape index (κ2) is 8.70. The zero-order valence-corrected chi connectivity index (χ0v) is 19.0. The summed E-state index contributed by atoms with van der Waals surface area (Å²) in [6, 6.07) is 14.5. The van der Waals surface area contributed by atoms with Crippen LogP contribution in [0, 0.1) is 18.7 Å². The maximum absolute atomic E-state index is 13.9. The van der Waals surface area contributed by atoms with Crippen LogP contribution in [0.15, 0.2) is 61.1 Å². The Labute approximate surface area is 196 Å². The molecule has 3 heterocycles. The molecule has 1 aliphatic heterocycles. The van der Waals surface area contributed by atoms with Gasteiger partial charge in [0, 0.05) is 31.4 Å². The van der Waals surface area contributed by atoms with E-state index < -0.39 is 5.82 Å². The number of anilines is 1. The van der Waals surface area contributed by atoms with Crippen molar-refractivity contribution in [2.45, 2.75) is 20.4 Å². The summed E-state index contributed by atoms with van der Waals surface area (Å²) >= 11 is 0. The van der Waals surface area contributed by atoms with Crippen LogP contribution in [0.4, 0.5) is 10.2 Å². The van der Waals surface area contributed by atoms with Crippen molar-refractivity contribution in [1.82, 2.24) is 19.9 Å². The Morgan fingerprint density at radius 1 is 1.09 bits per heavy atom. The Morgan fingerprint density at radius 3 is 2.59 bits per heavy atom. The molecular formula is C26H24FN5O2. The number of benzene rings is 2. The Hall–Kier alpha value is -4.07. The summed E-state index contributed by atoms with van der Waals surface area (Å²) in [6.45, 7) is 5.02. The Kier molecular flexibility index (Phi) is 5.57. The fraction of sp³-hybridized carbons (Fsp3) is 0.231. The van der Waals surface area contributed by atoms with Crippen molar-refractivity contribution in [2.75, 3.05) is 18.0 Å². The van der Waals surface area contributed by atoms with Gasteiger partial charge in [0.05, 0.1) is 11.5 Å². The highest BCUT2D eigenvalue weighted by molar-refractivity contribution is 5.95. The second-order valence-corrected chi connectivity index (χ2v) is 8.70. The quantitative estimate of drug-likeness (QED) is 0.446. The van der Waals surface area contributed by atoms with Crippen LogP contribution >= 0.6 is 0 Å². The molecule has 8 heteroatoms. The van der Waals surface area contributed by atoms with E-state index in [1.807, 2.05) is 48.4 Å². The highest BCUT2D eigenvalue weighted by Crippen LogP contribution is 2.31. The van der Waals surface area contributed by atoms with Crippen LogP contribution in [0.2, 0.25) is 0 Å². The lowest BCUT2D eigenvalue weighted by Gasteiger charge is -2.39. The molecule has 1 N–H and O–H groups in total. The number of aromatic nitrogens is 3. The summed E-state index contributed by atoms with van der Waals surface area (Å²) < 4.78 is 15.7. The Morgan fingerprint density at radius 2 is 1.85 bits per heavy atom. The van der Waals surface area contributed by atoms with Crippen LogP contribution in [-0.2, 0) is 11.3 Å². The largest absolute Gasteiger partial charge is 0.353 e. The van der Waals surface area contributed by atoms with Gasteiger partial charge in [-0.25, -0.2) is 13.9 Å². The second-order valence-electron chi connectivity index (χ2n) is 8.70.